The molecule has 6 heteroatoms. The average Bonchev–Trinajstić information content (AvgIpc) is 2.85. The number of halogens is 1. The first-order chi connectivity index (χ1) is 13.0. The van der Waals surface area contributed by atoms with Crippen LogP contribution in [0.15, 0.2) is 48.5 Å². The van der Waals surface area contributed by atoms with Crippen LogP contribution in [-0.4, -0.2) is 54.4 Å². The molecule has 1 fully saturated rings. The van der Waals surface area contributed by atoms with E-state index >= 15 is 0 Å². The van der Waals surface area contributed by atoms with Crippen molar-refractivity contribution in [1.29, 1.82) is 0 Å². The molecule has 1 aliphatic rings. The summed E-state index contributed by atoms with van der Waals surface area (Å²) < 4.78 is 18.5. The van der Waals surface area contributed by atoms with Gasteiger partial charge in [-0.3, -0.25) is 9.59 Å². The zero-order valence-corrected chi connectivity index (χ0v) is 15.4. The Labute approximate surface area is 158 Å². The van der Waals surface area contributed by atoms with Crippen molar-refractivity contribution < 1.29 is 18.7 Å². The zero-order chi connectivity index (χ0) is 19.2. The molecule has 1 saturated heterocycles. The van der Waals surface area contributed by atoms with Crippen LogP contribution in [-0.2, 0) is 4.79 Å². The number of carbonyl (C=O) groups excluding carboxylic acids is 2. The Kier molecular flexibility index (Phi) is 6.06. The predicted molar refractivity (Wildman–Crippen MR) is 100 cm³/mol. The van der Waals surface area contributed by atoms with Crippen molar-refractivity contribution in [3.63, 3.8) is 0 Å². The Morgan fingerprint density at radius 1 is 1.11 bits per heavy atom. The van der Waals surface area contributed by atoms with Crippen molar-refractivity contribution >= 4 is 11.8 Å². The normalized spacial score (nSPS) is 14.8. The van der Waals surface area contributed by atoms with Crippen LogP contribution in [0.4, 0.5) is 4.39 Å². The van der Waals surface area contributed by atoms with Crippen molar-refractivity contribution in [3.8, 4) is 5.75 Å². The van der Waals surface area contributed by atoms with Gasteiger partial charge in [0, 0.05) is 31.6 Å². The van der Waals surface area contributed by atoms with Crippen LogP contribution >= 0.6 is 0 Å². The second-order valence-corrected chi connectivity index (χ2v) is 6.59. The molecule has 0 atom stereocenters. The fourth-order valence-corrected chi connectivity index (χ4v) is 3.07. The zero-order valence-electron chi connectivity index (χ0n) is 15.4. The van der Waals surface area contributed by atoms with Gasteiger partial charge in [0.15, 0.2) is 0 Å². The molecule has 142 valence electrons. The summed E-state index contributed by atoms with van der Waals surface area (Å²) in [4.78, 5) is 28.5. The number of carbonyl (C=O) groups is 2. The highest BCUT2D eigenvalue weighted by molar-refractivity contribution is 5.94. The van der Waals surface area contributed by atoms with Gasteiger partial charge >= 0.3 is 0 Å². The van der Waals surface area contributed by atoms with Crippen LogP contribution in [0.2, 0.25) is 0 Å². The molecule has 2 amide bonds. The number of ether oxygens (including phenoxy) is 1. The van der Waals surface area contributed by atoms with Crippen molar-refractivity contribution in [2.75, 3.05) is 32.8 Å². The van der Waals surface area contributed by atoms with Crippen molar-refractivity contribution in [3.05, 3.63) is 65.5 Å². The lowest BCUT2D eigenvalue weighted by atomic mass is 10.1. The van der Waals surface area contributed by atoms with Crippen LogP contribution in [0, 0.1) is 12.7 Å². The van der Waals surface area contributed by atoms with E-state index in [4.69, 9.17) is 4.74 Å². The Bertz CT molecular complexity index is 807. The molecule has 0 spiro atoms. The van der Waals surface area contributed by atoms with Crippen LogP contribution in [0.3, 0.4) is 0 Å². The summed E-state index contributed by atoms with van der Waals surface area (Å²) in [6, 6.07) is 13.3. The molecule has 1 heterocycles. The Morgan fingerprint density at radius 2 is 1.89 bits per heavy atom. The molecule has 27 heavy (non-hydrogen) atoms. The molecule has 5 nitrogen and oxygen atoms in total. The van der Waals surface area contributed by atoms with Crippen LogP contribution < -0.4 is 4.74 Å². The first-order valence-electron chi connectivity index (χ1n) is 9.05. The summed E-state index contributed by atoms with van der Waals surface area (Å²) in [5, 5.41) is 0. The minimum absolute atomic E-state index is 0.0113. The maximum atomic E-state index is 12.9. The largest absolute Gasteiger partial charge is 0.492 e. The third-order valence-corrected chi connectivity index (χ3v) is 4.58. The number of amides is 2. The molecule has 0 radical (unpaired) electrons. The lowest BCUT2D eigenvalue weighted by Gasteiger charge is -2.22. The molecular weight excluding hydrogens is 347 g/mol. The highest BCUT2D eigenvalue weighted by Crippen LogP contribution is 2.13. The standard InChI is InChI=1S/C21H23FN2O3/c1-16-3-2-4-17(15-16)21(26)24-10-9-20(25)23(11-12-24)13-14-27-19-7-5-18(22)6-8-19/h2-8,15H,9-14H2,1H3. The highest BCUT2D eigenvalue weighted by atomic mass is 19.1. The van der Waals surface area contributed by atoms with Gasteiger partial charge < -0.3 is 14.5 Å². The van der Waals surface area contributed by atoms with Crippen LogP contribution in [0.5, 0.6) is 5.75 Å². The summed E-state index contributed by atoms with van der Waals surface area (Å²) in [5.74, 6) is 0.214. The van der Waals surface area contributed by atoms with E-state index < -0.39 is 0 Å². The molecule has 0 unspecified atom stereocenters. The van der Waals surface area contributed by atoms with Gasteiger partial charge in [-0.15, -0.1) is 0 Å². The monoisotopic (exact) mass is 370 g/mol. The van der Waals surface area contributed by atoms with E-state index in [2.05, 4.69) is 0 Å². The summed E-state index contributed by atoms with van der Waals surface area (Å²) in [5.41, 5.74) is 1.68. The van der Waals surface area contributed by atoms with Crippen LogP contribution in [0.25, 0.3) is 0 Å². The van der Waals surface area contributed by atoms with Crippen molar-refractivity contribution in [2.45, 2.75) is 13.3 Å². The lowest BCUT2D eigenvalue weighted by molar-refractivity contribution is -0.130. The maximum absolute atomic E-state index is 12.9. The molecule has 1 aliphatic heterocycles. The van der Waals surface area contributed by atoms with E-state index in [1.807, 2.05) is 25.1 Å². The maximum Gasteiger partial charge on any atom is 0.253 e. The Hall–Kier alpha value is -2.89. The predicted octanol–water partition coefficient (Wildman–Crippen LogP) is 2.89. The summed E-state index contributed by atoms with van der Waals surface area (Å²) >= 11 is 0. The van der Waals surface area contributed by atoms with E-state index in [-0.39, 0.29) is 17.6 Å². The fourth-order valence-electron chi connectivity index (χ4n) is 3.07. The van der Waals surface area contributed by atoms with Gasteiger partial charge in [-0.05, 0) is 43.3 Å². The molecule has 0 aliphatic carbocycles. The topological polar surface area (TPSA) is 49.9 Å². The van der Waals surface area contributed by atoms with Gasteiger partial charge in [-0.2, -0.15) is 0 Å². The van der Waals surface area contributed by atoms with Gasteiger partial charge in [0.05, 0.1) is 6.54 Å². The van der Waals surface area contributed by atoms with E-state index in [9.17, 15) is 14.0 Å². The Balaban J connectivity index is 1.53. The van der Waals surface area contributed by atoms with E-state index in [0.29, 0.717) is 50.5 Å². The molecule has 0 N–H and O–H groups in total. The summed E-state index contributed by atoms with van der Waals surface area (Å²) in [6.45, 7) is 4.09. The molecule has 0 bridgehead atoms. The summed E-state index contributed by atoms with van der Waals surface area (Å²) in [7, 11) is 0. The molecule has 2 aromatic carbocycles. The number of hydrogen-bond donors (Lipinski definition) is 0. The fraction of sp³-hybridized carbons (Fsp3) is 0.333. The molecule has 0 aromatic heterocycles. The third kappa shape index (κ3) is 5.06. The summed E-state index contributed by atoms with van der Waals surface area (Å²) in [6.07, 6.45) is 0.300. The number of benzene rings is 2. The van der Waals surface area contributed by atoms with Gasteiger partial charge in [0.25, 0.3) is 5.91 Å². The SMILES string of the molecule is Cc1cccc(C(=O)N2CCC(=O)N(CCOc3ccc(F)cc3)CC2)c1. The molecular formula is C21H23FN2O3. The third-order valence-electron chi connectivity index (χ3n) is 4.58. The molecule has 0 saturated carbocycles. The number of rotatable bonds is 5. The van der Waals surface area contributed by atoms with E-state index in [0.717, 1.165) is 5.56 Å². The lowest BCUT2D eigenvalue weighted by Crippen LogP contribution is -2.37. The van der Waals surface area contributed by atoms with Gasteiger partial charge in [0.1, 0.15) is 18.2 Å². The number of aryl methyl sites for hydroxylation is 1. The smallest absolute Gasteiger partial charge is 0.253 e. The minimum atomic E-state index is -0.316. The first kappa shape index (κ1) is 18.9. The van der Waals surface area contributed by atoms with Gasteiger partial charge in [0.2, 0.25) is 5.91 Å². The highest BCUT2D eigenvalue weighted by Gasteiger charge is 2.24. The number of nitrogens with zero attached hydrogens (tertiary/aromatic N) is 2. The minimum Gasteiger partial charge on any atom is -0.492 e. The van der Waals surface area contributed by atoms with Crippen molar-refractivity contribution in [1.82, 2.24) is 9.80 Å². The Morgan fingerprint density at radius 3 is 2.63 bits per heavy atom. The van der Waals surface area contributed by atoms with Gasteiger partial charge in [-0.25, -0.2) is 4.39 Å². The average molecular weight is 370 g/mol. The molecule has 3 rings (SSSR count). The molecule has 2 aromatic rings. The van der Waals surface area contributed by atoms with E-state index in [1.54, 1.807) is 28.0 Å². The second-order valence-electron chi connectivity index (χ2n) is 6.59. The first-order valence-corrected chi connectivity index (χ1v) is 9.05. The quantitative estimate of drug-likeness (QED) is 0.813. The van der Waals surface area contributed by atoms with Gasteiger partial charge in [-0.1, -0.05) is 17.7 Å². The van der Waals surface area contributed by atoms with Crippen molar-refractivity contribution in [2.24, 2.45) is 0 Å². The van der Waals surface area contributed by atoms with E-state index in [1.165, 1.54) is 12.1 Å². The van der Waals surface area contributed by atoms with Crippen LogP contribution in [0.1, 0.15) is 22.3 Å². The second kappa shape index (κ2) is 8.66. The number of hydrogen-bond acceptors (Lipinski definition) is 3.